The summed E-state index contributed by atoms with van der Waals surface area (Å²) in [7, 11) is 0. The predicted molar refractivity (Wildman–Crippen MR) is 62.0 cm³/mol. The van der Waals surface area contributed by atoms with Gasteiger partial charge in [0.15, 0.2) is 0 Å². The van der Waals surface area contributed by atoms with E-state index in [1.165, 1.54) is 19.3 Å². The highest BCUT2D eigenvalue weighted by Crippen LogP contribution is 2.23. The van der Waals surface area contributed by atoms with Crippen LogP contribution in [0.3, 0.4) is 0 Å². The second kappa shape index (κ2) is 5.19. The molecule has 88 valence electrons. The van der Waals surface area contributed by atoms with Crippen molar-refractivity contribution in [3.63, 3.8) is 0 Å². The molecular formula is C13H19NO2. The van der Waals surface area contributed by atoms with Crippen LogP contribution in [-0.2, 0) is 11.2 Å². The van der Waals surface area contributed by atoms with Gasteiger partial charge >= 0.3 is 0 Å². The average Bonchev–Trinajstić information content (AvgIpc) is 2.74. The molecule has 1 aliphatic carbocycles. The SMILES string of the molecule is CC1CCCCC1NC(=O)Cc1ccco1. The predicted octanol–water partition coefficient (Wildman–Crippen LogP) is 2.52. The average molecular weight is 221 g/mol. The fourth-order valence-electron chi connectivity index (χ4n) is 2.36. The molecule has 0 saturated heterocycles. The summed E-state index contributed by atoms with van der Waals surface area (Å²) in [5.41, 5.74) is 0. The first-order valence-corrected chi connectivity index (χ1v) is 6.07. The molecule has 2 rings (SSSR count). The highest BCUT2D eigenvalue weighted by atomic mass is 16.3. The normalized spacial score (nSPS) is 25.3. The van der Waals surface area contributed by atoms with Gasteiger partial charge in [-0.15, -0.1) is 0 Å². The number of hydrogen-bond acceptors (Lipinski definition) is 2. The number of furan rings is 1. The van der Waals surface area contributed by atoms with Gasteiger partial charge in [0.05, 0.1) is 12.7 Å². The first-order valence-electron chi connectivity index (χ1n) is 6.07. The van der Waals surface area contributed by atoms with Crippen LogP contribution < -0.4 is 5.32 Å². The van der Waals surface area contributed by atoms with E-state index in [1.54, 1.807) is 6.26 Å². The van der Waals surface area contributed by atoms with E-state index in [9.17, 15) is 4.79 Å². The van der Waals surface area contributed by atoms with Gasteiger partial charge in [-0.3, -0.25) is 4.79 Å². The minimum atomic E-state index is 0.0775. The molecule has 1 aliphatic rings. The monoisotopic (exact) mass is 221 g/mol. The zero-order valence-corrected chi connectivity index (χ0v) is 9.74. The van der Waals surface area contributed by atoms with Gasteiger partial charge in [0, 0.05) is 6.04 Å². The molecule has 3 nitrogen and oxygen atoms in total. The molecule has 2 atom stereocenters. The van der Waals surface area contributed by atoms with Gasteiger partial charge in [0.2, 0.25) is 5.91 Å². The van der Waals surface area contributed by atoms with Crippen molar-refractivity contribution in [2.75, 3.05) is 0 Å². The number of hydrogen-bond donors (Lipinski definition) is 1. The molecule has 0 spiro atoms. The van der Waals surface area contributed by atoms with Crippen LogP contribution in [0.25, 0.3) is 0 Å². The van der Waals surface area contributed by atoms with Crippen LogP contribution in [-0.4, -0.2) is 11.9 Å². The summed E-state index contributed by atoms with van der Waals surface area (Å²) in [6, 6.07) is 4.01. The van der Waals surface area contributed by atoms with Crippen LogP contribution in [0, 0.1) is 5.92 Å². The molecule has 3 heteroatoms. The van der Waals surface area contributed by atoms with Crippen molar-refractivity contribution >= 4 is 5.91 Å². The van der Waals surface area contributed by atoms with E-state index in [1.807, 2.05) is 12.1 Å². The molecule has 16 heavy (non-hydrogen) atoms. The van der Waals surface area contributed by atoms with E-state index in [0.29, 0.717) is 18.4 Å². The van der Waals surface area contributed by atoms with Crippen LogP contribution >= 0.6 is 0 Å². The van der Waals surface area contributed by atoms with Crippen LogP contribution in [0.15, 0.2) is 22.8 Å². The largest absolute Gasteiger partial charge is 0.469 e. The molecule has 1 heterocycles. The summed E-state index contributed by atoms with van der Waals surface area (Å²) in [5.74, 6) is 1.42. The second-order valence-corrected chi connectivity index (χ2v) is 4.69. The Morgan fingerprint density at radius 1 is 1.50 bits per heavy atom. The summed E-state index contributed by atoms with van der Waals surface area (Å²) in [6.07, 6.45) is 6.83. The van der Waals surface area contributed by atoms with E-state index in [-0.39, 0.29) is 5.91 Å². The lowest BCUT2D eigenvalue weighted by Crippen LogP contribution is -2.41. The molecule has 1 aromatic heterocycles. The van der Waals surface area contributed by atoms with Gasteiger partial charge in [-0.05, 0) is 30.9 Å². The van der Waals surface area contributed by atoms with Crippen LogP contribution in [0.5, 0.6) is 0 Å². The van der Waals surface area contributed by atoms with Crippen LogP contribution in [0.1, 0.15) is 38.4 Å². The maximum Gasteiger partial charge on any atom is 0.227 e. The second-order valence-electron chi connectivity index (χ2n) is 4.69. The van der Waals surface area contributed by atoms with Crippen molar-refractivity contribution in [2.24, 2.45) is 5.92 Å². The molecule has 1 N–H and O–H groups in total. The molecule has 0 radical (unpaired) electrons. The van der Waals surface area contributed by atoms with E-state index in [4.69, 9.17) is 4.42 Å². The Kier molecular flexibility index (Phi) is 3.65. The number of rotatable bonds is 3. The molecule has 0 bridgehead atoms. The van der Waals surface area contributed by atoms with Gasteiger partial charge in [0.25, 0.3) is 0 Å². The van der Waals surface area contributed by atoms with E-state index in [0.717, 1.165) is 12.2 Å². The Bertz CT molecular complexity index is 332. The fourth-order valence-corrected chi connectivity index (χ4v) is 2.36. The lowest BCUT2D eigenvalue weighted by molar-refractivity contribution is -0.121. The molecule has 1 fully saturated rings. The summed E-state index contributed by atoms with van der Waals surface area (Å²) in [4.78, 5) is 11.8. The Balaban J connectivity index is 1.82. The third-order valence-corrected chi connectivity index (χ3v) is 3.37. The Morgan fingerprint density at radius 2 is 2.31 bits per heavy atom. The van der Waals surface area contributed by atoms with Gasteiger partial charge < -0.3 is 9.73 Å². The van der Waals surface area contributed by atoms with Crippen molar-refractivity contribution < 1.29 is 9.21 Å². The summed E-state index contributed by atoms with van der Waals surface area (Å²) < 4.78 is 5.16. The molecule has 2 unspecified atom stereocenters. The molecule has 1 amide bonds. The molecule has 0 aromatic carbocycles. The van der Waals surface area contributed by atoms with Gasteiger partial charge in [-0.25, -0.2) is 0 Å². The lowest BCUT2D eigenvalue weighted by Gasteiger charge is -2.29. The quantitative estimate of drug-likeness (QED) is 0.852. The number of amides is 1. The maximum absolute atomic E-state index is 11.8. The van der Waals surface area contributed by atoms with Crippen molar-refractivity contribution in [3.05, 3.63) is 24.2 Å². The summed E-state index contributed by atoms with van der Waals surface area (Å²) >= 11 is 0. The van der Waals surface area contributed by atoms with Crippen molar-refractivity contribution in [3.8, 4) is 0 Å². The maximum atomic E-state index is 11.8. The fraction of sp³-hybridized carbons (Fsp3) is 0.615. The van der Waals surface area contributed by atoms with Crippen LogP contribution in [0.2, 0.25) is 0 Å². The number of nitrogens with one attached hydrogen (secondary N) is 1. The Morgan fingerprint density at radius 3 is 3.00 bits per heavy atom. The van der Waals surface area contributed by atoms with E-state index < -0.39 is 0 Å². The first-order chi connectivity index (χ1) is 7.75. The molecule has 1 saturated carbocycles. The zero-order chi connectivity index (χ0) is 11.4. The minimum Gasteiger partial charge on any atom is -0.469 e. The highest BCUT2D eigenvalue weighted by molar-refractivity contribution is 5.78. The van der Waals surface area contributed by atoms with Gasteiger partial charge in [0.1, 0.15) is 5.76 Å². The highest BCUT2D eigenvalue weighted by Gasteiger charge is 2.22. The van der Waals surface area contributed by atoms with Gasteiger partial charge in [-0.2, -0.15) is 0 Å². The zero-order valence-electron chi connectivity index (χ0n) is 9.74. The van der Waals surface area contributed by atoms with E-state index >= 15 is 0 Å². The smallest absolute Gasteiger partial charge is 0.227 e. The molecule has 1 aromatic rings. The lowest BCUT2D eigenvalue weighted by atomic mass is 9.86. The number of carbonyl (C=O) groups is 1. The first kappa shape index (κ1) is 11.2. The molecule has 0 aliphatic heterocycles. The van der Waals surface area contributed by atoms with Crippen molar-refractivity contribution in [1.29, 1.82) is 0 Å². The third-order valence-electron chi connectivity index (χ3n) is 3.37. The van der Waals surface area contributed by atoms with Crippen molar-refractivity contribution in [1.82, 2.24) is 5.32 Å². The summed E-state index contributed by atoms with van der Waals surface area (Å²) in [5, 5.41) is 3.11. The third kappa shape index (κ3) is 2.87. The Hall–Kier alpha value is -1.25. The molecular weight excluding hydrogens is 202 g/mol. The number of carbonyl (C=O) groups excluding carboxylic acids is 1. The van der Waals surface area contributed by atoms with E-state index in [2.05, 4.69) is 12.2 Å². The van der Waals surface area contributed by atoms with Gasteiger partial charge in [-0.1, -0.05) is 19.8 Å². The minimum absolute atomic E-state index is 0.0775. The van der Waals surface area contributed by atoms with Crippen molar-refractivity contribution in [2.45, 2.75) is 45.1 Å². The van der Waals surface area contributed by atoms with Crippen LogP contribution in [0.4, 0.5) is 0 Å². The summed E-state index contributed by atoms with van der Waals surface area (Å²) in [6.45, 7) is 2.22. The standard InChI is InChI=1S/C13H19NO2/c1-10-5-2-3-7-12(10)14-13(15)9-11-6-4-8-16-11/h4,6,8,10,12H,2-3,5,7,9H2,1H3,(H,14,15). The topological polar surface area (TPSA) is 42.2 Å². The Labute approximate surface area is 96.2 Å².